The molecule has 0 radical (unpaired) electrons. The molecule has 4 heteroatoms. The molecule has 0 aliphatic carbocycles. The van der Waals surface area contributed by atoms with Gasteiger partial charge in [-0.1, -0.05) is 78.3 Å². The highest BCUT2D eigenvalue weighted by atomic mass is 35.5. The summed E-state index contributed by atoms with van der Waals surface area (Å²) in [7, 11) is 0. The largest absolute Gasteiger partial charge is 0.343 e. The van der Waals surface area contributed by atoms with E-state index in [-0.39, 0.29) is 12.4 Å². The van der Waals surface area contributed by atoms with Crippen LogP contribution in [0, 0.1) is 0 Å². The smallest absolute Gasteiger partial charge is 0.0491 e. The molecule has 0 saturated carbocycles. The average Bonchev–Trinajstić information content (AvgIpc) is 3.06. The Morgan fingerprint density at radius 2 is 1.54 bits per heavy atom. The van der Waals surface area contributed by atoms with Crippen LogP contribution in [0.15, 0.2) is 85.1 Å². The number of fused-ring (bicyclic) bond motifs is 1. The first-order valence-corrected chi connectivity index (χ1v) is 9.68. The molecule has 3 aromatic carbocycles. The predicted octanol–water partition coefficient (Wildman–Crippen LogP) is 6.62. The molecule has 1 heterocycles. The molecule has 4 rings (SSSR count). The zero-order chi connectivity index (χ0) is 18.6. The Hall–Kier alpha value is -2.26. The van der Waals surface area contributed by atoms with Gasteiger partial charge >= 0.3 is 0 Å². The van der Waals surface area contributed by atoms with Gasteiger partial charge in [0, 0.05) is 41.3 Å². The van der Waals surface area contributed by atoms with Crippen LogP contribution in [-0.2, 0) is 13.1 Å². The number of rotatable bonds is 6. The number of hydrogen-bond donors (Lipinski definition) is 1. The highest BCUT2D eigenvalue weighted by Gasteiger charge is 2.11. The maximum atomic E-state index is 6.38. The van der Waals surface area contributed by atoms with E-state index in [2.05, 4.69) is 83.7 Å². The van der Waals surface area contributed by atoms with Crippen molar-refractivity contribution in [3.05, 3.63) is 107 Å². The zero-order valence-corrected chi connectivity index (χ0v) is 17.4. The molecule has 144 valence electrons. The van der Waals surface area contributed by atoms with E-state index in [4.69, 9.17) is 11.6 Å². The molecule has 0 aliphatic rings. The lowest BCUT2D eigenvalue weighted by molar-refractivity contribution is 0.575. The molecule has 2 nitrogen and oxygen atoms in total. The summed E-state index contributed by atoms with van der Waals surface area (Å²) in [6.45, 7) is 3.80. The van der Waals surface area contributed by atoms with Crippen molar-refractivity contribution in [1.29, 1.82) is 0 Å². The van der Waals surface area contributed by atoms with Crippen LogP contribution in [0.3, 0.4) is 0 Å². The van der Waals surface area contributed by atoms with Crippen LogP contribution in [0.25, 0.3) is 10.9 Å². The minimum atomic E-state index is 0. The van der Waals surface area contributed by atoms with Crippen molar-refractivity contribution >= 4 is 34.9 Å². The number of halogens is 2. The molecule has 0 amide bonds. The number of nitrogens with zero attached hydrogens (tertiary/aromatic N) is 1. The van der Waals surface area contributed by atoms with Gasteiger partial charge in [-0.3, -0.25) is 0 Å². The molecule has 0 bridgehead atoms. The molecular formula is C24H24Cl2N2. The molecule has 4 aromatic rings. The Bertz CT molecular complexity index is 1040. The van der Waals surface area contributed by atoms with E-state index in [1.165, 1.54) is 22.0 Å². The van der Waals surface area contributed by atoms with Crippen LogP contribution in [0.5, 0.6) is 0 Å². The van der Waals surface area contributed by atoms with Crippen LogP contribution in [0.2, 0.25) is 5.02 Å². The number of aromatic nitrogens is 1. The molecule has 0 fully saturated rings. The van der Waals surface area contributed by atoms with E-state index in [1.807, 2.05) is 18.2 Å². The second kappa shape index (κ2) is 9.29. The summed E-state index contributed by atoms with van der Waals surface area (Å²) in [6, 6.07) is 27.5. The van der Waals surface area contributed by atoms with Gasteiger partial charge in [0.1, 0.15) is 0 Å². The van der Waals surface area contributed by atoms with Crippen LogP contribution < -0.4 is 5.32 Å². The monoisotopic (exact) mass is 410 g/mol. The number of benzene rings is 3. The van der Waals surface area contributed by atoms with E-state index in [0.717, 1.165) is 23.7 Å². The lowest BCUT2D eigenvalue weighted by atomic mass is 10.1. The molecule has 1 N–H and O–H groups in total. The Kier molecular flexibility index (Phi) is 6.79. The van der Waals surface area contributed by atoms with Gasteiger partial charge in [-0.2, -0.15) is 0 Å². The van der Waals surface area contributed by atoms with Crippen LogP contribution in [0.4, 0.5) is 0 Å². The van der Waals surface area contributed by atoms with Crippen molar-refractivity contribution in [1.82, 2.24) is 9.88 Å². The number of para-hydroxylation sites is 1. The Labute approximate surface area is 177 Å². The minimum Gasteiger partial charge on any atom is -0.343 e. The van der Waals surface area contributed by atoms with Gasteiger partial charge in [0.05, 0.1) is 0 Å². The standard InChI is InChI=1S/C24H23ClN2.ClH/c1-18(19-9-3-2-4-10-19)26-15-21-17-27(24-14-8-6-12-22(21)24)16-20-11-5-7-13-23(20)25;/h2-14,17-18,26H,15-16H2,1H3;1H. The summed E-state index contributed by atoms with van der Waals surface area (Å²) >= 11 is 6.38. The van der Waals surface area contributed by atoms with Crippen molar-refractivity contribution in [2.75, 3.05) is 0 Å². The van der Waals surface area contributed by atoms with E-state index in [1.54, 1.807) is 0 Å². The van der Waals surface area contributed by atoms with Gasteiger partial charge in [-0.05, 0) is 35.7 Å². The summed E-state index contributed by atoms with van der Waals surface area (Å²) in [4.78, 5) is 0. The van der Waals surface area contributed by atoms with E-state index < -0.39 is 0 Å². The molecule has 1 unspecified atom stereocenters. The highest BCUT2D eigenvalue weighted by molar-refractivity contribution is 6.31. The van der Waals surface area contributed by atoms with Crippen LogP contribution in [0.1, 0.15) is 29.7 Å². The first-order chi connectivity index (χ1) is 13.2. The summed E-state index contributed by atoms with van der Waals surface area (Å²) in [5.74, 6) is 0. The van der Waals surface area contributed by atoms with Gasteiger partial charge < -0.3 is 9.88 Å². The third-order valence-corrected chi connectivity index (χ3v) is 5.44. The number of nitrogens with one attached hydrogen (secondary N) is 1. The topological polar surface area (TPSA) is 17.0 Å². The third kappa shape index (κ3) is 4.41. The van der Waals surface area contributed by atoms with Gasteiger partial charge in [-0.15, -0.1) is 12.4 Å². The first-order valence-electron chi connectivity index (χ1n) is 9.31. The Morgan fingerprint density at radius 3 is 2.32 bits per heavy atom. The van der Waals surface area contributed by atoms with Gasteiger partial charge in [-0.25, -0.2) is 0 Å². The molecule has 1 aromatic heterocycles. The maximum absolute atomic E-state index is 6.38. The van der Waals surface area contributed by atoms with Crippen LogP contribution >= 0.6 is 24.0 Å². The SMILES string of the molecule is CC(NCc1cn(Cc2ccccc2Cl)c2ccccc12)c1ccccc1.Cl. The molecule has 28 heavy (non-hydrogen) atoms. The summed E-state index contributed by atoms with van der Waals surface area (Å²) in [6.07, 6.45) is 2.25. The average molecular weight is 411 g/mol. The number of hydrogen-bond acceptors (Lipinski definition) is 1. The normalized spacial score (nSPS) is 11.9. The highest BCUT2D eigenvalue weighted by Crippen LogP contribution is 2.25. The van der Waals surface area contributed by atoms with Crippen molar-refractivity contribution in [2.45, 2.75) is 26.1 Å². The van der Waals surface area contributed by atoms with Gasteiger partial charge in [0.15, 0.2) is 0 Å². The first kappa shape index (κ1) is 20.5. The fourth-order valence-electron chi connectivity index (χ4n) is 3.53. The van der Waals surface area contributed by atoms with Crippen molar-refractivity contribution in [3.63, 3.8) is 0 Å². The van der Waals surface area contributed by atoms with Crippen molar-refractivity contribution < 1.29 is 0 Å². The molecule has 1 atom stereocenters. The Morgan fingerprint density at radius 1 is 0.857 bits per heavy atom. The lowest BCUT2D eigenvalue weighted by Gasteiger charge is -2.13. The second-order valence-corrected chi connectivity index (χ2v) is 7.31. The van der Waals surface area contributed by atoms with Crippen LogP contribution in [-0.4, -0.2) is 4.57 Å². The molecule has 0 aliphatic heterocycles. The second-order valence-electron chi connectivity index (χ2n) is 6.90. The van der Waals surface area contributed by atoms with E-state index in [0.29, 0.717) is 6.04 Å². The fraction of sp³-hybridized carbons (Fsp3) is 0.167. The summed E-state index contributed by atoms with van der Waals surface area (Å²) < 4.78 is 2.29. The van der Waals surface area contributed by atoms with E-state index >= 15 is 0 Å². The van der Waals surface area contributed by atoms with Gasteiger partial charge in [0.25, 0.3) is 0 Å². The fourth-order valence-corrected chi connectivity index (χ4v) is 3.72. The quantitative estimate of drug-likeness (QED) is 0.378. The lowest BCUT2D eigenvalue weighted by Crippen LogP contribution is -2.17. The molecular weight excluding hydrogens is 387 g/mol. The molecule has 0 spiro atoms. The Balaban J connectivity index is 0.00000225. The third-order valence-electron chi connectivity index (χ3n) is 5.07. The predicted molar refractivity (Wildman–Crippen MR) is 121 cm³/mol. The summed E-state index contributed by atoms with van der Waals surface area (Å²) in [5.41, 5.74) is 4.98. The summed E-state index contributed by atoms with van der Waals surface area (Å²) in [5, 5.41) is 5.76. The maximum Gasteiger partial charge on any atom is 0.0491 e. The zero-order valence-electron chi connectivity index (χ0n) is 15.8. The minimum absolute atomic E-state index is 0. The van der Waals surface area contributed by atoms with Gasteiger partial charge in [0.2, 0.25) is 0 Å². The molecule has 0 saturated heterocycles. The van der Waals surface area contributed by atoms with Crippen molar-refractivity contribution in [3.8, 4) is 0 Å². The van der Waals surface area contributed by atoms with Crippen molar-refractivity contribution in [2.24, 2.45) is 0 Å². The van der Waals surface area contributed by atoms with E-state index in [9.17, 15) is 0 Å².